The molecule has 0 spiro atoms. The summed E-state index contributed by atoms with van der Waals surface area (Å²) in [6, 6.07) is 5.44. The van der Waals surface area contributed by atoms with Crippen molar-refractivity contribution in [3.8, 4) is 11.5 Å². The van der Waals surface area contributed by atoms with Crippen molar-refractivity contribution < 1.29 is 23.8 Å². The van der Waals surface area contributed by atoms with Crippen LogP contribution in [0.4, 0.5) is 0 Å². The lowest BCUT2D eigenvalue weighted by Gasteiger charge is -2.07. The topological polar surface area (TPSA) is 73.9 Å². The maximum Gasteiger partial charge on any atom is 0.305 e. The Balaban J connectivity index is 2.28. The Morgan fingerprint density at radius 3 is 2.52 bits per heavy atom. The molecule has 0 aromatic heterocycles. The van der Waals surface area contributed by atoms with Gasteiger partial charge in [-0.3, -0.25) is 9.59 Å². The Kier molecular flexibility index (Phi) is 9.82. The van der Waals surface area contributed by atoms with Crippen molar-refractivity contribution in [1.29, 1.82) is 0 Å². The number of ether oxygens (including phenoxy) is 3. The van der Waals surface area contributed by atoms with E-state index in [1.165, 1.54) is 6.08 Å². The van der Waals surface area contributed by atoms with Gasteiger partial charge in [-0.15, -0.1) is 0 Å². The molecule has 0 saturated carbocycles. The SMILES string of the molecule is CCOC(=O)CCCCCNC(=O)/C=C/c1ccc(OC)c(OC)c1. The highest BCUT2D eigenvalue weighted by molar-refractivity contribution is 5.91. The fraction of sp³-hybridized carbons (Fsp3) is 0.474. The van der Waals surface area contributed by atoms with Gasteiger partial charge in [0, 0.05) is 19.0 Å². The van der Waals surface area contributed by atoms with Gasteiger partial charge in [0.1, 0.15) is 0 Å². The molecule has 0 radical (unpaired) electrons. The number of nitrogens with one attached hydrogen (secondary N) is 1. The van der Waals surface area contributed by atoms with Gasteiger partial charge in [0.2, 0.25) is 5.91 Å². The van der Waals surface area contributed by atoms with Crippen molar-refractivity contribution in [1.82, 2.24) is 5.32 Å². The number of rotatable bonds is 11. The van der Waals surface area contributed by atoms with Crippen LogP contribution in [0.15, 0.2) is 24.3 Å². The van der Waals surface area contributed by atoms with Crippen LogP contribution in [0, 0.1) is 0 Å². The highest BCUT2D eigenvalue weighted by Crippen LogP contribution is 2.27. The first kappa shape index (κ1) is 20.5. The van der Waals surface area contributed by atoms with Crippen LogP contribution in [0.5, 0.6) is 11.5 Å². The summed E-state index contributed by atoms with van der Waals surface area (Å²) in [4.78, 5) is 23.0. The van der Waals surface area contributed by atoms with Crippen molar-refractivity contribution in [3.05, 3.63) is 29.8 Å². The van der Waals surface area contributed by atoms with Crippen molar-refractivity contribution in [2.24, 2.45) is 0 Å². The van der Waals surface area contributed by atoms with Crippen LogP contribution < -0.4 is 14.8 Å². The summed E-state index contributed by atoms with van der Waals surface area (Å²) in [5, 5.41) is 2.82. The van der Waals surface area contributed by atoms with E-state index in [2.05, 4.69) is 5.32 Å². The maximum atomic E-state index is 11.8. The quantitative estimate of drug-likeness (QED) is 0.378. The monoisotopic (exact) mass is 349 g/mol. The standard InChI is InChI=1S/C19H27NO5/c1-4-25-19(22)8-6-5-7-13-20-18(21)12-10-15-9-11-16(23-2)17(14-15)24-3/h9-12,14H,4-8,13H2,1-3H3,(H,20,21)/b12-10+. The molecule has 1 aromatic carbocycles. The van der Waals surface area contributed by atoms with Gasteiger partial charge >= 0.3 is 5.97 Å². The van der Waals surface area contributed by atoms with Crippen LogP contribution in [-0.4, -0.2) is 39.2 Å². The van der Waals surface area contributed by atoms with E-state index < -0.39 is 0 Å². The molecule has 1 amide bonds. The molecule has 138 valence electrons. The van der Waals surface area contributed by atoms with E-state index in [1.807, 2.05) is 6.07 Å². The summed E-state index contributed by atoms with van der Waals surface area (Å²) in [5.41, 5.74) is 0.849. The Bertz CT molecular complexity index is 583. The summed E-state index contributed by atoms with van der Waals surface area (Å²) >= 11 is 0. The Hall–Kier alpha value is -2.50. The molecule has 6 nitrogen and oxygen atoms in total. The second-order valence-corrected chi connectivity index (χ2v) is 5.35. The fourth-order valence-corrected chi connectivity index (χ4v) is 2.20. The Labute approximate surface area is 149 Å². The summed E-state index contributed by atoms with van der Waals surface area (Å²) in [6.45, 7) is 2.79. The molecule has 1 aromatic rings. The molecule has 0 heterocycles. The molecule has 0 atom stereocenters. The van der Waals surface area contributed by atoms with Gasteiger partial charge in [-0.2, -0.15) is 0 Å². The fourth-order valence-electron chi connectivity index (χ4n) is 2.20. The third-order valence-corrected chi connectivity index (χ3v) is 3.50. The molecule has 0 bridgehead atoms. The van der Waals surface area contributed by atoms with Crippen LogP contribution in [0.1, 0.15) is 38.2 Å². The predicted octanol–water partition coefficient (Wildman–Crippen LogP) is 2.96. The van der Waals surface area contributed by atoms with E-state index in [0.717, 1.165) is 24.8 Å². The summed E-state index contributed by atoms with van der Waals surface area (Å²) in [5.74, 6) is 0.947. The lowest BCUT2D eigenvalue weighted by molar-refractivity contribution is -0.143. The summed E-state index contributed by atoms with van der Waals surface area (Å²) in [6.07, 6.45) is 6.11. The molecule has 0 aliphatic heterocycles. The lowest BCUT2D eigenvalue weighted by Crippen LogP contribution is -2.22. The molecule has 25 heavy (non-hydrogen) atoms. The van der Waals surface area contributed by atoms with Crippen LogP contribution in [-0.2, 0) is 14.3 Å². The average molecular weight is 349 g/mol. The summed E-state index contributed by atoms with van der Waals surface area (Å²) < 4.78 is 15.3. The second kappa shape index (κ2) is 11.9. The Morgan fingerprint density at radius 1 is 1.08 bits per heavy atom. The van der Waals surface area contributed by atoms with Gasteiger partial charge in [0.15, 0.2) is 11.5 Å². The molecule has 0 unspecified atom stereocenters. The van der Waals surface area contributed by atoms with Crippen LogP contribution >= 0.6 is 0 Å². The minimum atomic E-state index is -0.163. The summed E-state index contributed by atoms with van der Waals surface area (Å²) in [7, 11) is 3.15. The molecule has 1 rings (SSSR count). The van der Waals surface area contributed by atoms with Crippen molar-refractivity contribution >= 4 is 18.0 Å². The first-order valence-corrected chi connectivity index (χ1v) is 8.44. The predicted molar refractivity (Wildman–Crippen MR) is 96.7 cm³/mol. The highest BCUT2D eigenvalue weighted by Gasteiger charge is 2.03. The van der Waals surface area contributed by atoms with Crippen LogP contribution in [0.2, 0.25) is 0 Å². The second-order valence-electron chi connectivity index (χ2n) is 5.35. The number of benzene rings is 1. The van der Waals surface area contributed by atoms with Gasteiger partial charge in [-0.1, -0.05) is 12.5 Å². The highest BCUT2D eigenvalue weighted by atomic mass is 16.5. The van der Waals surface area contributed by atoms with E-state index in [1.54, 1.807) is 39.4 Å². The molecule has 0 fully saturated rings. The minimum absolute atomic E-state index is 0.153. The third-order valence-electron chi connectivity index (χ3n) is 3.50. The minimum Gasteiger partial charge on any atom is -0.493 e. The molecular formula is C19H27NO5. The van der Waals surface area contributed by atoms with E-state index in [9.17, 15) is 9.59 Å². The molecule has 0 saturated heterocycles. The molecule has 1 N–H and O–H groups in total. The van der Waals surface area contributed by atoms with Crippen molar-refractivity contribution in [2.45, 2.75) is 32.6 Å². The maximum absolute atomic E-state index is 11.8. The van der Waals surface area contributed by atoms with Gasteiger partial charge < -0.3 is 19.5 Å². The number of hydrogen-bond donors (Lipinski definition) is 1. The van der Waals surface area contributed by atoms with Gasteiger partial charge in [-0.25, -0.2) is 0 Å². The third kappa shape index (κ3) is 8.24. The van der Waals surface area contributed by atoms with Gasteiger partial charge in [-0.05, 0) is 43.5 Å². The molecule has 6 heteroatoms. The Morgan fingerprint density at radius 2 is 1.84 bits per heavy atom. The normalized spacial score (nSPS) is 10.5. The number of methoxy groups -OCH3 is 2. The first-order valence-electron chi connectivity index (χ1n) is 8.44. The number of amides is 1. The number of carbonyl (C=O) groups is 2. The lowest BCUT2D eigenvalue weighted by atomic mass is 10.2. The molecule has 0 aliphatic carbocycles. The van der Waals surface area contributed by atoms with E-state index in [-0.39, 0.29) is 11.9 Å². The number of hydrogen-bond acceptors (Lipinski definition) is 5. The number of esters is 1. The van der Waals surface area contributed by atoms with Crippen LogP contribution in [0.3, 0.4) is 0 Å². The zero-order chi connectivity index (χ0) is 18.5. The van der Waals surface area contributed by atoms with E-state index in [4.69, 9.17) is 14.2 Å². The largest absolute Gasteiger partial charge is 0.493 e. The molecular weight excluding hydrogens is 322 g/mol. The zero-order valence-electron chi connectivity index (χ0n) is 15.2. The smallest absolute Gasteiger partial charge is 0.305 e. The first-order chi connectivity index (χ1) is 12.1. The van der Waals surface area contributed by atoms with Crippen LogP contribution in [0.25, 0.3) is 6.08 Å². The van der Waals surface area contributed by atoms with Gasteiger partial charge in [0.05, 0.1) is 20.8 Å². The van der Waals surface area contributed by atoms with Gasteiger partial charge in [0.25, 0.3) is 0 Å². The van der Waals surface area contributed by atoms with E-state index in [0.29, 0.717) is 31.1 Å². The zero-order valence-corrected chi connectivity index (χ0v) is 15.2. The average Bonchev–Trinajstić information content (AvgIpc) is 2.62. The number of unbranched alkanes of at least 4 members (excludes halogenated alkanes) is 2. The number of carbonyl (C=O) groups excluding carboxylic acids is 2. The van der Waals surface area contributed by atoms with E-state index >= 15 is 0 Å². The van der Waals surface area contributed by atoms with Crippen molar-refractivity contribution in [3.63, 3.8) is 0 Å². The molecule has 0 aliphatic rings. The van der Waals surface area contributed by atoms with Crippen molar-refractivity contribution in [2.75, 3.05) is 27.4 Å².